The fourth-order valence-corrected chi connectivity index (χ4v) is 4.74. The van der Waals surface area contributed by atoms with E-state index in [0.29, 0.717) is 22.7 Å². The van der Waals surface area contributed by atoms with Crippen molar-refractivity contribution in [2.24, 2.45) is 0 Å². The highest BCUT2D eigenvalue weighted by Crippen LogP contribution is 2.35. The number of hydrogen-bond donors (Lipinski definition) is 3. The topological polar surface area (TPSA) is 86.1 Å². The number of aromatic amines is 1. The molecule has 5 rings (SSSR count). The molecule has 1 aliphatic heterocycles. The second-order valence-corrected chi connectivity index (χ2v) is 9.25. The molecular formula is C25H28ClN7. The van der Waals surface area contributed by atoms with Gasteiger partial charge in [0.1, 0.15) is 0 Å². The molecule has 0 aliphatic carbocycles. The zero-order valence-corrected chi connectivity index (χ0v) is 19.8. The number of nitrogens with two attached hydrogens (primary N) is 1. The van der Waals surface area contributed by atoms with Crippen molar-refractivity contribution in [1.29, 1.82) is 0 Å². The number of benzene rings is 2. The van der Waals surface area contributed by atoms with Gasteiger partial charge in [-0.1, -0.05) is 29.8 Å². The molecule has 0 unspecified atom stereocenters. The number of halogens is 1. The van der Waals surface area contributed by atoms with Crippen molar-refractivity contribution in [3.05, 3.63) is 59.4 Å². The van der Waals surface area contributed by atoms with Gasteiger partial charge >= 0.3 is 0 Å². The largest absolute Gasteiger partial charge is 0.397 e. The molecular weight excluding hydrogens is 434 g/mol. The lowest BCUT2D eigenvalue weighted by Gasteiger charge is -2.23. The number of nitrogen functional groups attached to an aromatic ring is 1. The zero-order chi connectivity index (χ0) is 23.1. The maximum Gasteiger partial charge on any atom is 0.227 e. The smallest absolute Gasteiger partial charge is 0.227 e. The average molecular weight is 462 g/mol. The van der Waals surface area contributed by atoms with E-state index in [-0.39, 0.29) is 0 Å². The van der Waals surface area contributed by atoms with Crippen LogP contribution in [0, 0.1) is 6.92 Å². The van der Waals surface area contributed by atoms with Crippen LogP contribution in [0.1, 0.15) is 12.0 Å². The molecule has 170 valence electrons. The number of aromatic nitrogens is 3. The summed E-state index contributed by atoms with van der Waals surface area (Å²) >= 11 is 6.49. The van der Waals surface area contributed by atoms with Crippen LogP contribution < -0.4 is 16.0 Å². The Labute approximate surface area is 198 Å². The minimum atomic E-state index is 0.470. The van der Waals surface area contributed by atoms with E-state index in [1.807, 2.05) is 24.4 Å². The van der Waals surface area contributed by atoms with E-state index in [9.17, 15) is 0 Å². The lowest BCUT2D eigenvalue weighted by atomic mass is 10.1. The molecule has 1 aliphatic rings. The summed E-state index contributed by atoms with van der Waals surface area (Å²) in [5, 5.41) is 4.86. The number of rotatable bonds is 5. The van der Waals surface area contributed by atoms with Gasteiger partial charge < -0.3 is 25.8 Å². The number of nitrogens with zero attached hydrogens (tertiary/aromatic N) is 4. The molecule has 2 aromatic carbocycles. The number of likely N-dealkylation sites (N-methyl/N-ethyl adjacent to an activating group) is 1. The number of fused-ring (bicyclic) bond motifs is 1. The van der Waals surface area contributed by atoms with Gasteiger partial charge in [0.2, 0.25) is 5.95 Å². The number of nitrogens with one attached hydrogen (secondary N) is 2. The summed E-state index contributed by atoms with van der Waals surface area (Å²) in [6, 6.07) is 12.7. The van der Waals surface area contributed by atoms with E-state index in [4.69, 9.17) is 22.3 Å². The average Bonchev–Trinajstić information content (AvgIpc) is 3.44. The van der Waals surface area contributed by atoms with Crippen molar-refractivity contribution in [3.63, 3.8) is 0 Å². The fourth-order valence-electron chi connectivity index (χ4n) is 4.55. The molecule has 2 aromatic heterocycles. The van der Waals surface area contributed by atoms with Crippen LogP contribution in [0.15, 0.2) is 48.8 Å². The van der Waals surface area contributed by atoms with Crippen LogP contribution in [0.5, 0.6) is 0 Å². The Hall–Kier alpha value is -3.29. The lowest BCUT2D eigenvalue weighted by molar-refractivity contribution is 0.315. The van der Waals surface area contributed by atoms with Crippen molar-refractivity contribution < 1.29 is 0 Å². The normalized spacial score (nSPS) is 16.2. The number of aryl methyl sites for hydroxylation is 1. The molecule has 7 nitrogen and oxygen atoms in total. The molecule has 1 atom stereocenters. The Bertz CT molecular complexity index is 1310. The van der Waals surface area contributed by atoms with Gasteiger partial charge in [0.25, 0.3) is 0 Å². The summed E-state index contributed by atoms with van der Waals surface area (Å²) in [6.07, 6.45) is 4.71. The van der Waals surface area contributed by atoms with E-state index in [1.54, 1.807) is 6.20 Å². The first kappa shape index (κ1) is 21.6. The van der Waals surface area contributed by atoms with E-state index in [2.05, 4.69) is 64.3 Å². The van der Waals surface area contributed by atoms with Gasteiger partial charge in [0.05, 0.1) is 28.3 Å². The van der Waals surface area contributed by atoms with E-state index in [1.165, 1.54) is 5.56 Å². The first-order valence-electron chi connectivity index (χ1n) is 11.1. The fraction of sp³-hybridized carbons (Fsp3) is 0.280. The third-order valence-electron chi connectivity index (χ3n) is 6.44. The second-order valence-electron chi connectivity index (χ2n) is 8.84. The number of H-pyrrole nitrogens is 1. The Kier molecular flexibility index (Phi) is 5.60. The standard InChI is InChI=1S/C25H28ClN7/c1-15-5-4-6-18-19(12-28-23(15)18)24-20(26)13-29-25(31-24)30-16-7-8-22(21(27)11-16)33-10-9-17(14-33)32(2)3/h4-8,11-13,17,28H,9-10,14,27H2,1-3H3,(H,29,30,31)/t17-/m1/s1. The van der Waals surface area contributed by atoms with Gasteiger partial charge in [-0.3, -0.25) is 0 Å². The summed E-state index contributed by atoms with van der Waals surface area (Å²) in [5.74, 6) is 0.470. The molecule has 4 N–H and O–H groups in total. The van der Waals surface area contributed by atoms with Crippen LogP contribution in [-0.4, -0.2) is 53.1 Å². The van der Waals surface area contributed by atoms with Crippen LogP contribution in [0.4, 0.5) is 23.0 Å². The monoisotopic (exact) mass is 461 g/mol. The molecule has 0 amide bonds. The predicted octanol–water partition coefficient (Wildman–Crippen LogP) is 5.05. The zero-order valence-electron chi connectivity index (χ0n) is 19.1. The van der Waals surface area contributed by atoms with E-state index in [0.717, 1.165) is 53.0 Å². The van der Waals surface area contributed by atoms with Crippen LogP contribution in [0.25, 0.3) is 22.2 Å². The van der Waals surface area contributed by atoms with Gasteiger partial charge in [-0.2, -0.15) is 0 Å². The van der Waals surface area contributed by atoms with Gasteiger partial charge in [-0.15, -0.1) is 0 Å². The van der Waals surface area contributed by atoms with Crippen LogP contribution in [-0.2, 0) is 0 Å². The molecule has 0 saturated carbocycles. The quantitative estimate of drug-likeness (QED) is 0.360. The summed E-state index contributed by atoms with van der Waals surface area (Å²) < 4.78 is 0. The van der Waals surface area contributed by atoms with Crippen molar-refractivity contribution in [2.75, 3.05) is 43.1 Å². The third-order valence-corrected chi connectivity index (χ3v) is 6.72. The molecule has 1 fully saturated rings. The first-order chi connectivity index (χ1) is 15.9. The number of anilines is 4. The summed E-state index contributed by atoms with van der Waals surface area (Å²) in [7, 11) is 4.25. The second kappa shape index (κ2) is 8.57. The molecule has 0 spiro atoms. The molecule has 0 radical (unpaired) electrons. The minimum absolute atomic E-state index is 0.470. The number of hydrogen-bond acceptors (Lipinski definition) is 6. The molecule has 3 heterocycles. The van der Waals surface area contributed by atoms with Gasteiger partial charge in [0.15, 0.2) is 0 Å². The van der Waals surface area contributed by atoms with Crippen molar-refractivity contribution in [2.45, 2.75) is 19.4 Å². The van der Waals surface area contributed by atoms with Crippen LogP contribution in [0.3, 0.4) is 0 Å². The predicted molar refractivity (Wildman–Crippen MR) is 138 cm³/mol. The van der Waals surface area contributed by atoms with Gasteiger partial charge in [-0.25, -0.2) is 9.97 Å². The third kappa shape index (κ3) is 4.10. The Morgan fingerprint density at radius 1 is 1.24 bits per heavy atom. The summed E-state index contributed by atoms with van der Waals surface area (Å²) in [5.41, 5.74) is 12.9. The first-order valence-corrected chi connectivity index (χ1v) is 11.5. The summed E-state index contributed by atoms with van der Waals surface area (Å²) in [4.78, 5) is 17.1. The van der Waals surface area contributed by atoms with Crippen molar-refractivity contribution in [3.8, 4) is 11.3 Å². The van der Waals surface area contributed by atoms with Gasteiger partial charge in [-0.05, 0) is 51.2 Å². The Morgan fingerprint density at radius 2 is 2.09 bits per heavy atom. The Morgan fingerprint density at radius 3 is 2.85 bits per heavy atom. The molecule has 8 heteroatoms. The highest BCUT2D eigenvalue weighted by atomic mass is 35.5. The summed E-state index contributed by atoms with van der Waals surface area (Å²) in [6.45, 7) is 4.07. The number of para-hydroxylation sites is 1. The maximum atomic E-state index is 6.49. The molecule has 33 heavy (non-hydrogen) atoms. The molecule has 4 aromatic rings. The lowest BCUT2D eigenvalue weighted by Crippen LogP contribution is -2.31. The van der Waals surface area contributed by atoms with E-state index >= 15 is 0 Å². The SMILES string of the molecule is Cc1cccc2c(-c3nc(Nc4ccc(N5CC[C@@H](N(C)C)C5)c(N)c4)ncc3Cl)c[nH]c12. The maximum absolute atomic E-state index is 6.49. The van der Waals surface area contributed by atoms with Crippen molar-refractivity contribution in [1.82, 2.24) is 19.9 Å². The van der Waals surface area contributed by atoms with Crippen LogP contribution in [0.2, 0.25) is 5.02 Å². The minimum Gasteiger partial charge on any atom is -0.397 e. The highest BCUT2D eigenvalue weighted by Gasteiger charge is 2.25. The molecule has 0 bridgehead atoms. The van der Waals surface area contributed by atoms with Gasteiger partial charge in [0, 0.05) is 47.5 Å². The molecule has 1 saturated heterocycles. The van der Waals surface area contributed by atoms with Crippen molar-refractivity contribution >= 4 is 45.5 Å². The highest BCUT2D eigenvalue weighted by molar-refractivity contribution is 6.33. The Balaban J connectivity index is 1.40. The van der Waals surface area contributed by atoms with E-state index < -0.39 is 0 Å². The van der Waals surface area contributed by atoms with Crippen LogP contribution >= 0.6 is 11.6 Å².